The van der Waals surface area contributed by atoms with Crippen molar-refractivity contribution in [1.29, 1.82) is 0 Å². The number of benzene rings is 2. The highest BCUT2D eigenvalue weighted by Gasteiger charge is 2.06. The smallest absolute Gasteiger partial charge is 0.156 e. The van der Waals surface area contributed by atoms with Crippen molar-refractivity contribution >= 4 is 27.4 Å². The second kappa shape index (κ2) is 6.36. The first kappa shape index (κ1) is 12.8. The number of carbonyl (C=O) groups excluding carboxylic acids is 1. The summed E-state index contributed by atoms with van der Waals surface area (Å²) < 4.78 is 0.984. The Morgan fingerprint density at radius 2 is 1.67 bits per heavy atom. The van der Waals surface area contributed by atoms with Gasteiger partial charge in [-0.1, -0.05) is 52.3 Å². The topological polar surface area (TPSA) is 29.1 Å². The van der Waals surface area contributed by atoms with Gasteiger partial charge in [0.05, 0.1) is 6.54 Å². The highest BCUT2D eigenvalue weighted by molar-refractivity contribution is 9.10. The zero-order valence-electron chi connectivity index (χ0n) is 9.90. The van der Waals surface area contributed by atoms with Gasteiger partial charge in [-0.3, -0.25) is 4.79 Å². The number of rotatable bonds is 5. The largest absolute Gasteiger partial charge is 0.378 e. The van der Waals surface area contributed by atoms with Crippen molar-refractivity contribution in [2.24, 2.45) is 0 Å². The van der Waals surface area contributed by atoms with Crippen molar-refractivity contribution in [3.63, 3.8) is 0 Å². The zero-order chi connectivity index (χ0) is 12.8. The van der Waals surface area contributed by atoms with Crippen molar-refractivity contribution in [1.82, 2.24) is 0 Å². The van der Waals surface area contributed by atoms with Gasteiger partial charge in [-0.25, -0.2) is 0 Å². The summed E-state index contributed by atoms with van der Waals surface area (Å²) in [5.41, 5.74) is 2.00. The van der Waals surface area contributed by atoms with E-state index in [0.29, 0.717) is 13.0 Å². The Morgan fingerprint density at radius 3 is 2.39 bits per heavy atom. The molecule has 2 aromatic rings. The first-order valence-corrected chi connectivity index (χ1v) is 6.59. The lowest BCUT2D eigenvalue weighted by Gasteiger charge is -2.06. The van der Waals surface area contributed by atoms with Crippen LogP contribution in [0.5, 0.6) is 0 Å². The van der Waals surface area contributed by atoms with Crippen LogP contribution >= 0.6 is 15.9 Å². The molecule has 0 bridgehead atoms. The molecule has 0 amide bonds. The molecule has 0 unspecified atom stereocenters. The Bertz CT molecular complexity index is 525. The van der Waals surface area contributed by atoms with Crippen LogP contribution in [0.3, 0.4) is 0 Å². The average Bonchev–Trinajstić information content (AvgIpc) is 2.40. The standard InChI is InChI=1S/C15H14BrNO/c16-15-9-5-4-6-12(15)10-14(18)11-17-13-7-2-1-3-8-13/h1-9,17H,10-11H2. The van der Waals surface area contributed by atoms with E-state index in [1.54, 1.807) is 0 Å². The van der Waals surface area contributed by atoms with Gasteiger partial charge in [0.1, 0.15) is 0 Å². The van der Waals surface area contributed by atoms with E-state index in [9.17, 15) is 4.79 Å². The van der Waals surface area contributed by atoms with Crippen LogP contribution in [0.1, 0.15) is 5.56 Å². The van der Waals surface area contributed by atoms with Gasteiger partial charge in [-0.05, 0) is 23.8 Å². The van der Waals surface area contributed by atoms with Crippen molar-refractivity contribution in [3.05, 3.63) is 64.6 Å². The molecule has 0 spiro atoms. The minimum atomic E-state index is 0.172. The Labute approximate surface area is 115 Å². The molecule has 2 rings (SSSR count). The Balaban J connectivity index is 1.88. The lowest BCUT2D eigenvalue weighted by molar-refractivity contribution is -0.116. The highest BCUT2D eigenvalue weighted by Crippen LogP contribution is 2.16. The van der Waals surface area contributed by atoms with Crippen molar-refractivity contribution < 1.29 is 4.79 Å². The third-order valence-electron chi connectivity index (χ3n) is 2.61. The fourth-order valence-electron chi connectivity index (χ4n) is 1.67. The van der Waals surface area contributed by atoms with Gasteiger partial charge in [0.25, 0.3) is 0 Å². The maximum Gasteiger partial charge on any atom is 0.156 e. The van der Waals surface area contributed by atoms with E-state index in [1.165, 1.54) is 0 Å². The number of halogens is 1. The zero-order valence-corrected chi connectivity index (χ0v) is 11.5. The van der Waals surface area contributed by atoms with E-state index in [2.05, 4.69) is 21.2 Å². The van der Waals surface area contributed by atoms with Gasteiger partial charge >= 0.3 is 0 Å². The lowest BCUT2D eigenvalue weighted by Crippen LogP contribution is -2.16. The van der Waals surface area contributed by atoms with E-state index in [0.717, 1.165) is 15.7 Å². The van der Waals surface area contributed by atoms with E-state index in [1.807, 2.05) is 54.6 Å². The summed E-state index contributed by atoms with van der Waals surface area (Å²) in [5, 5.41) is 3.12. The van der Waals surface area contributed by atoms with Crippen molar-refractivity contribution in [2.75, 3.05) is 11.9 Å². The van der Waals surface area contributed by atoms with Crippen LogP contribution in [0.15, 0.2) is 59.1 Å². The van der Waals surface area contributed by atoms with Crippen molar-refractivity contribution in [3.8, 4) is 0 Å². The van der Waals surface area contributed by atoms with Gasteiger partial charge in [-0.2, -0.15) is 0 Å². The Hall–Kier alpha value is -1.61. The molecule has 0 saturated carbocycles. The monoisotopic (exact) mass is 303 g/mol. The minimum absolute atomic E-state index is 0.172. The molecule has 0 aliphatic heterocycles. The number of carbonyl (C=O) groups is 1. The predicted molar refractivity (Wildman–Crippen MR) is 77.8 cm³/mol. The molecule has 0 aliphatic rings. The summed E-state index contributed by atoms with van der Waals surface area (Å²) in [7, 11) is 0. The molecule has 0 fully saturated rings. The van der Waals surface area contributed by atoms with Gasteiger partial charge in [0.15, 0.2) is 5.78 Å². The van der Waals surface area contributed by atoms with Gasteiger partial charge in [0, 0.05) is 16.6 Å². The van der Waals surface area contributed by atoms with Gasteiger partial charge < -0.3 is 5.32 Å². The number of hydrogen-bond donors (Lipinski definition) is 1. The van der Waals surface area contributed by atoms with E-state index in [4.69, 9.17) is 0 Å². The van der Waals surface area contributed by atoms with Crippen LogP contribution < -0.4 is 5.32 Å². The van der Waals surface area contributed by atoms with E-state index < -0.39 is 0 Å². The molecule has 0 radical (unpaired) electrons. The van der Waals surface area contributed by atoms with Crippen LogP contribution in [-0.4, -0.2) is 12.3 Å². The SMILES string of the molecule is O=C(CNc1ccccc1)Cc1ccccc1Br. The second-order valence-electron chi connectivity index (χ2n) is 4.03. The number of nitrogens with one attached hydrogen (secondary N) is 1. The summed E-state index contributed by atoms with van der Waals surface area (Å²) in [5.74, 6) is 0.172. The first-order chi connectivity index (χ1) is 8.75. The maximum atomic E-state index is 11.9. The molecule has 1 N–H and O–H groups in total. The molecule has 2 nitrogen and oxygen atoms in total. The summed E-state index contributed by atoms with van der Waals surface area (Å²) in [4.78, 5) is 11.9. The molecule has 0 atom stereocenters. The van der Waals surface area contributed by atoms with Crippen molar-refractivity contribution in [2.45, 2.75) is 6.42 Å². The summed E-state index contributed by atoms with van der Waals surface area (Å²) in [6.45, 7) is 0.353. The fourth-order valence-corrected chi connectivity index (χ4v) is 2.10. The number of ketones is 1. The van der Waals surface area contributed by atoms with Crippen LogP contribution in [-0.2, 0) is 11.2 Å². The molecular weight excluding hydrogens is 290 g/mol. The third-order valence-corrected chi connectivity index (χ3v) is 3.38. The number of para-hydroxylation sites is 1. The summed E-state index contributed by atoms with van der Waals surface area (Å²) in [6, 6.07) is 17.5. The van der Waals surface area contributed by atoms with Gasteiger partial charge in [-0.15, -0.1) is 0 Å². The lowest BCUT2D eigenvalue weighted by atomic mass is 10.1. The molecule has 0 aliphatic carbocycles. The molecule has 0 aromatic heterocycles. The van der Waals surface area contributed by atoms with Crippen LogP contribution in [0, 0.1) is 0 Å². The number of Topliss-reactive ketones (excluding diaryl/α,β-unsaturated/α-hetero) is 1. The van der Waals surface area contributed by atoms with Crippen LogP contribution in [0.25, 0.3) is 0 Å². The Morgan fingerprint density at radius 1 is 1.00 bits per heavy atom. The average molecular weight is 304 g/mol. The van der Waals surface area contributed by atoms with E-state index >= 15 is 0 Å². The fraction of sp³-hybridized carbons (Fsp3) is 0.133. The molecule has 0 heterocycles. The minimum Gasteiger partial charge on any atom is -0.378 e. The van der Waals surface area contributed by atoms with E-state index in [-0.39, 0.29) is 5.78 Å². The first-order valence-electron chi connectivity index (χ1n) is 5.80. The molecular formula is C15H14BrNO. The molecule has 3 heteroatoms. The normalized spacial score (nSPS) is 10.1. The number of anilines is 1. The second-order valence-corrected chi connectivity index (χ2v) is 4.88. The van der Waals surface area contributed by atoms with Crippen LogP contribution in [0.4, 0.5) is 5.69 Å². The Kier molecular flexibility index (Phi) is 4.53. The molecule has 92 valence electrons. The molecule has 0 saturated heterocycles. The summed E-state index contributed by atoms with van der Waals surface area (Å²) >= 11 is 3.45. The van der Waals surface area contributed by atoms with Gasteiger partial charge in [0.2, 0.25) is 0 Å². The quantitative estimate of drug-likeness (QED) is 0.913. The maximum absolute atomic E-state index is 11.9. The molecule has 2 aromatic carbocycles. The third kappa shape index (κ3) is 3.70. The molecule has 18 heavy (non-hydrogen) atoms. The summed E-state index contributed by atoms with van der Waals surface area (Å²) in [6.07, 6.45) is 0.446. The number of hydrogen-bond acceptors (Lipinski definition) is 2. The van der Waals surface area contributed by atoms with Crippen LogP contribution in [0.2, 0.25) is 0 Å². The predicted octanol–water partition coefficient (Wildman–Crippen LogP) is 3.67. The highest BCUT2D eigenvalue weighted by atomic mass is 79.9.